The summed E-state index contributed by atoms with van der Waals surface area (Å²) in [4.78, 5) is 23.1. The molecule has 0 spiro atoms. The zero-order valence-corrected chi connectivity index (χ0v) is 15.1. The van der Waals surface area contributed by atoms with Crippen molar-refractivity contribution in [3.8, 4) is 5.69 Å². The number of carbonyl (C=O) groups is 1. The third kappa shape index (κ3) is 4.71. The standard InChI is InChI=1S/C15H12N6O2.CH4S.H2O/c1-10-13(6-3-7-14(10)18-23)15(22)17-11-4-2-5-12(8-11)21-9-16-19-20-21;1-2;/h2-9H,1H3,(H,17,22);2H,1H3;1H2/p+1. The number of nitrogens with one attached hydrogen (secondary N) is 2. The second kappa shape index (κ2) is 10.0. The molecule has 0 aliphatic rings. The molecule has 0 radical (unpaired) electrons. The predicted octanol–water partition coefficient (Wildman–Crippen LogP) is 1.76. The zero-order chi connectivity index (χ0) is 18.2. The Kier molecular flexibility index (Phi) is 8.06. The van der Waals surface area contributed by atoms with Gasteiger partial charge < -0.3 is 10.8 Å². The first-order valence-electron chi connectivity index (χ1n) is 7.26. The number of anilines is 1. The van der Waals surface area contributed by atoms with E-state index in [1.807, 2.05) is 6.07 Å². The topological polar surface area (TPSA) is 135 Å². The summed E-state index contributed by atoms with van der Waals surface area (Å²) in [5.74, 6) is -0.308. The van der Waals surface area contributed by atoms with Crippen molar-refractivity contribution in [3.63, 3.8) is 0 Å². The van der Waals surface area contributed by atoms with E-state index in [2.05, 4.69) is 38.6 Å². The number of aromatic nitrogens is 4. The van der Waals surface area contributed by atoms with Crippen LogP contribution in [-0.2, 0) is 0 Å². The van der Waals surface area contributed by atoms with E-state index in [0.717, 1.165) is 5.69 Å². The number of thiol groups is 1. The second-order valence-corrected chi connectivity index (χ2v) is 4.85. The van der Waals surface area contributed by atoms with Crippen molar-refractivity contribution >= 4 is 29.9 Å². The summed E-state index contributed by atoms with van der Waals surface area (Å²) in [7, 11) is 0. The van der Waals surface area contributed by atoms with Gasteiger partial charge in [0.15, 0.2) is 5.21 Å². The predicted molar refractivity (Wildman–Crippen MR) is 101 cm³/mol. The summed E-state index contributed by atoms with van der Waals surface area (Å²) in [6.45, 7) is 1.69. The van der Waals surface area contributed by atoms with Crippen LogP contribution in [0, 0.1) is 11.8 Å². The van der Waals surface area contributed by atoms with Gasteiger partial charge in [0, 0.05) is 17.3 Å². The molecule has 0 fully saturated rings. The summed E-state index contributed by atoms with van der Waals surface area (Å²) in [6, 6.07) is 12.0. The summed E-state index contributed by atoms with van der Waals surface area (Å²) in [5.41, 5.74) is 2.59. The lowest BCUT2D eigenvalue weighted by atomic mass is 10.1. The molecule has 26 heavy (non-hydrogen) atoms. The average Bonchev–Trinajstić information content (AvgIpc) is 3.18. The number of amides is 1. The van der Waals surface area contributed by atoms with Crippen LogP contribution < -0.4 is 10.00 Å². The highest BCUT2D eigenvalue weighted by Crippen LogP contribution is 2.22. The molecular formula is C16H19N6O3S+. The molecule has 0 saturated heterocycles. The van der Waals surface area contributed by atoms with E-state index in [0.29, 0.717) is 16.8 Å². The van der Waals surface area contributed by atoms with Gasteiger partial charge in [-0.2, -0.15) is 12.6 Å². The molecule has 4 N–H and O–H groups in total. The zero-order valence-electron chi connectivity index (χ0n) is 14.2. The summed E-state index contributed by atoms with van der Waals surface area (Å²) in [6.07, 6.45) is 3.21. The molecule has 1 aromatic heterocycles. The number of aromatic amines is 1. The maximum atomic E-state index is 12.4. The minimum absolute atomic E-state index is 0. The number of benzene rings is 2. The normalized spacial score (nSPS) is 9.35. The van der Waals surface area contributed by atoms with Crippen LogP contribution in [-0.4, -0.2) is 33.2 Å². The average molecular weight is 375 g/mol. The third-order valence-electron chi connectivity index (χ3n) is 3.41. The molecule has 0 aliphatic heterocycles. The number of hydrogen-bond donors (Lipinski definition) is 3. The minimum Gasteiger partial charge on any atom is -0.412 e. The lowest BCUT2D eigenvalue weighted by Crippen LogP contribution is -2.32. The van der Waals surface area contributed by atoms with E-state index in [9.17, 15) is 9.70 Å². The fraction of sp³-hybridized carbons (Fsp3) is 0.125. The van der Waals surface area contributed by atoms with Crippen molar-refractivity contribution < 1.29 is 15.0 Å². The van der Waals surface area contributed by atoms with E-state index in [1.165, 1.54) is 6.33 Å². The van der Waals surface area contributed by atoms with Crippen LogP contribution in [0.3, 0.4) is 0 Å². The van der Waals surface area contributed by atoms with Crippen LogP contribution in [0.4, 0.5) is 11.4 Å². The Morgan fingerprint density at radius 3 is 2.62 bits per heavy atom. The van der Waals surface area contributed by atoms with Crippen LogP contribution in [0.15, 0.2) is 54.0 Å². The Balaban J connectivity index is 0.00000109. The highest BCUT2D eigenvalue weighted by Gasteiger charge is 2.13. The fourth-order valence-corrected chi connectivity index (χ4v) is 2.20. The lowest BCUT2D eigenvalue weighted by Gasteiger charge is -2.09. The van der Waals surface area contributed by atoms with Gasteiger partial charge in [0.25, 0.3) is 12.2 Å². The molecule has 2 aromatic carbocycles. The van der Waals surface area contributed by atoms with Crippen molar-refractivity contribution in [1.29, 1.82) is 0 Å². The Labute approximate surface area is 155 Å². The van der Waals surface area contributed by atoms with Gasteiger partial charge in [-0.15, -0.1) is 9.59 Å². The molecule has 3 aromatic rings. The molecule has 9 nitrogen and oxygen atoms in total. The van der Waals surface area contributed by atoms with Gasteiger partial charge in [-0.05, 0) is 48.2 Å². The van der Waals surface area contributed by atoms with Crippen molar-refractivity contribution in [3.05, 3.63) is 64.8 Å². The molecular weight excluding hydrogens is 356 g/mol. The first-order chi connectivity index (χ1) is 12.2. The SMILES string of the molecule is CS.Cc1c(N=O)cccc1C(=O)Nc1cccc(-[n+]2cnn[nH]2)c1.O. The largest absolute Gasteiger partial charge is 0.412 e. The van der Waals surface area contributed by atoms with Gasteiger partial charge in [0.1, 0.15) is 16.5 Å². The van der Waals surface area contributed by atoms with Crippen molar-refractivity contribution in [2.75, 3.05) is 11.6 Å². The van der Waals surface area contributed by atoms with Gasteiger partial charge in [0.05, 0.1) is 0 Å². The highest BCUT2D eigenvalue weighted by atomic mass is 32.1. The Morgan fingerprint density at radius 1 is 1.23 bits per heavy atom. The Hall–Kier alpha value is -3.11. The summed E-state index contributed by atoms with van der Waals surface area (Å²) >= 11 is 3.53. The molecule has 0 aliphatic carbocycles. The summed E-state index contributed by atoms with van der Waals surface area (Å²) < 4.78 is 1.61. The quantitative estimate of drug-likeness (QED) is 0.364. The molecule has 0 bridgehead atoms. The van der Waals surface area contributed by atoms with Crippen molar-refractivity contribution in [2.24, 2.45) is 5.18 Å². The maximum absolute atomic E-state index is 12.4. The Morgan fingerprint density at radius 2 is 1.96 bits per heavy atom. The summed E-state index contributed by atoms with van der Waals surface area (Å²) in [5, 5.41) is 15.7. The van der Waals surface area contributed by atoms with E-state index >= 15 is 0 Å². The van der Waals surface area contributed by atoms with E-state index in [4.69, 9.17) is 0 Å². The van der Waals surface area contributed by atoms with Gasteiger partial charge in [-0.25, -0.2) is 0 Å². The lowest BCUT2D eigenvalue weighted by molar-refractivity contribution is -0.660. The van der Waals surface area contributed by atoms with Crippen molar-refractivity contribution in [2.45, 2.75) is 6.92 Å². The van der Waals surface area contributed by atoms with Gasteiger partial charge in [-0.1, -0.05) is 17.3 Å². The number of hydrogen-bond acceptors (Lipinski definition) is 6. The Bertz CT molecular complexity index is 870. The smallest absolute Gasteiger partial charge is 0.293 e. The maximum Gasteiger partial charge on any atom is 0.293 e. The molecule has 0 unspecified atom stereocenters. The number of tetrazole rings is 1. The van der Waals surface area contributed by atoms with Crippen LogP contribution in [0.25, 0.3) is 5.69 Å². The first kappa shape index (κ1) is 20.9. The molecule has 1 heterocycles. The van der Waals surface area contributed by atoms with Crippen LogP contribution in [0.5, 0.6) is 0 Å². The number of nitroso groups, excluding NO2 is 1. The molecule has 0 saturated carbocycles. The van der Waals surface area contributed by atoms with Gasteiger partial charge in [-0.3, -0.25) is 4.79 Å². The third-order valence-corrected chi connectivity index (χ3v) is 3.41. The molecule has 3 rings (SSSR count). The van der Waals surface area contributed by atoms with Crippen molar-refractivity contribution in [1.82, 2.24) is 15.5 Å². The van der Waals surface area contributed by atoms with Crippen LogP contribution in [0.2, 0.25) is 0 Å². The number of rotatable bonds is 4. The number of carbonyl (C=O) groups excluding carboxylic acids is 1. The molecule has 10 heteroatoms. The number of nitrogens with zero attached hydrogens (tertiary/aromatic N) is 4. The molecule has 1 amide bonds. The fourth-order valence-electron chi connectivity index (χ4n) is 2.20. The van der Waals surface area contributed by atoms with Gasteiger partial charge >= 0.3 is 0 Å². The number of H-pyrrole nitrogens is 1. The molecule has 0 atom stereocenters. The van der Waals surface area contributed by atoms with Gasteiger partial charge in [0.2, 0.25) is 0 Å². The first-order valence-corrected chi connectivity index (χ1v) is 8.15. The second-order valence-electron chi connectivity index (χ2n) is 4.85. The highest BCUT2D eigenvalue weighted by molar-refractivity contribution is 7.79. The van der Waals surface area contributed by atoms with E-state index in [1.54, 1.807) is 54.3 Å². The van der Waals surface area contributed by atoms with E-state index < -0.39 is 0 Å². The van der Waals surface area contributed by atoms with Crippen LogP contribution >= 0.6 is 12.6 Å². The van der Waals surface area contributed by atoms with E-state index in [-0.39, 0.29) is 17.1 Å². The molecule has 136 valence electrons. The monoisotopic (exact) mass is 375 g/mol. The van der Waals surface area contributed by atoms with Crippen LogP contribution in [0.1, 0.15) is 15.9 Å². The minimum atomic E-state index is -0.308.